The van der Waals surface area contributed by atoms with E-state index in [1.165, 1.54) is 24.8 Å². The minimum atomic E-state index is 0.320. The van der Waals surface area contributed by atoms with E-state index in [4.69, 9.17) is 5.73 Å². The van der Waals surface area contributed by atoms with E-state index in [1.54, 1.807) is 0 Å². The fourth-order valence-corrected chi connectivity index (χ4v) is 4.25. The van der Waals surface area contributed by atoms with Gasteiger partial charge in [-0.25, -0.2) is 0 Å². The van der Waals surface area contributed by atoms with Crippen molar-refractivity contribution in [2.45, 2.75) is 32.1 Å². The Hall–Kier alpha value is -1.51. The molecular weight excluding hydrogens is 236 g/mol. The number of nitrogens with zero attached hydrogens (tertiary/aromatic N) is 1. The summed E-state index contributed by atoms with van der Waals surface area (Å²) in [6.07, 6.45) is 5.89. The van der Waals surface area contributed by atoms with Crippen LogP contribution in [-0.4, -0.2) is 12.5 Å². The van der Waals surface area contributed by atoms with Gasteiger partial charge in [-0.1, -0.05) is 12.5 Å². The zero-order valence-electron chi connectivity index (χ0n) is 11.1. The second-order valence-electron chi connectivity index (χ2n) is 6.22. The Kier molecular flexibility index (Phi) is 2.38. The number of hydrogen-bond donors (Lipinski definition) is 1. The SMILES string of the molecule is Nc1cccc2c1CCCN2C(=O)C1C2CCCC21. The molecule has 0 radical (unpaired) electrons. The van der Waals surface area contributed by atoms with E-state index < -0.39 is 0 Å². The minimum Gasteiger partial charge on any atom is -0.398 e. The zero-order valence-corrected chi connectivity index (χ0v) is 11.1. The lowest BCUT2D eigenvalue weighted by atomic mass is 9.99. The molecule has 2 unspecified atom stereocenters. The van der Waals surface area contributed by atoms with Gasteiger partial charge in [0, 0.05) is 23.8 Å². The molecular formula is C16H20N2O. The van der Waals surface area contributed by atoms with Crippen molar-refractivity contribution in [3.05, 3.63) is 23.8 Å². The molecule has 1 amide bonds. The molecule has 2 fully saturated rings. The maximum Gasteiger partial charge on any atom is 0.230 e. The van der Waals surface area contributed by atoms with Crippen LogP contribution in [0.25, 0.3) is 0 Å². The molecule has 1 aromatic carbocycles. The Balaban J connectivity index is 1.63. The number of carbonyl (C=O) groups excluding carboxylic acids is 1. The van der Waals surface area contributed by atoms with E-state index in [0.717, 1.165) is 30.8 Å². The molecule has 4 rings (SSSR count). The number of hydrogen-bond acceptors (Lipinski definition) is 2. The number of rotatable bonds is 1. The van der Waals surface area contributed by atoms with Gasteiger partial charge in [0.05, 0.1) is 0 Å². The number of amides is 1. The molecule has 100 valence electrons. The highest BCUT2D eigenvalue weighted by Crippen LogP contribution is 2.58. The second-order valence-corrected chi connectivity index (χ2v) is 6.22. The summed E-state index contributed by atoms with van der Waals surface area (Å²) in [5.41, 5.74) is 9.13. The van der Waals surface area contributed by atoms with Crippen LogP contribution in [-0.2, 0) is 11.2 Å². The van der Waals surface area contributed by atoms with Gasteiger partial charge in [-0.3, -0.25) is 4.79 Å². The number of benzene rings is 1. The standard InChI is InChI=1S/C16H20N2O/c17-13-7-2-8-14-12(13)6-3-9-18(14)16(19)15-10-4-1-5-11(10)15/h2,7-8,10-11,15H,1,3-6,9,17H2. The molecule has 3 aliphatic rings. The van der Waals surface area contributed by atoms with E-state index in [9.17, 15) is 4.79 Å². The highest BCUT2D eigenvalue weighted by Gasteiger charge is 2.57. The molecule has 3 nitrogen and oxygen atoms in total. The first kappa shape index (κ1) is 11.3. The van der Waals surface area contributed by atoms with Crippen molar-refractivity contribution in [2.75, 3.05) is 17.2 Å². The first-order chi connectivity index (χ1) is 9.27. The lowest BCUT2D eigenvalue weighted by Gasteiger charge is -2.31. The molecule has 2 saturated carbocycles. The fourth-order valence-electron chi connectivity index (χ4n) is 4.25. The van der Waals surface area contributed by atoms with Crippen molar-refractivity contribution in [2.24, 2.45) is 17.8 Å². The minimum absolute atomic E-state index is 0.320. The summed E-state index contributed by atoms with van der Waals surface area (Å²) in [5.74, 6) is 2.07. The maximum atomic E-state index is 12.7. The topological polar surface area (TPSA) is 46.3 Å². The molecule has 1 aliphatic heterocycles. The van der Waals surface area contributed by atoms with Crippen LogP contribution < -0.4 is 10.6 Å². The Morgan fingerprint density at radius 1 is 1.21 bits per heavy atom. The maximum absolute atomic E-state index is 12.7. The molecule has 1 heterocycles. The summed E-state index contributed by atoms with van der Waals surface area (Å²) in [6, 6.07) is 5.97. The molecule has 3 heteroatoms. The predicted molar refractivity (Wildman–Crippen MR) is 75.8 cm³/mol. The number of carbonyl (C=O) groups is 1. The van der Waals surface area contributed by atoms with Crippen LogP contribution >= 0.6 is 0 Å². The van der Waals surface area contributed by atoms with Crippen molar-refractivity contribution in [1.29, 1.82) is 0 Å². The molecule has 2 N–H and O–H groups in total. The smallest absolute Gasteiger partial charge is 0.230 e. The first-order valence-corrected chi connectivity index (χ1v) is 7.46. The van der Waals surface area contributed by atoms with Crippen molar-refractivity contribution < 1.29 is 4.79 Å². The summed E-state index contributed by atoms with van der Waals surface area (Å²) in [6.45, 7) is 0.866. The van der Waals surface area contributed by atoms with Crippen LogP contribution in [0.2, 0.25) is 0 Å². The van der Waals surface area contributed by atoms with Crippen molar-refractivity contribution in [1.82, 2.24) is 0 Å². The number of nitrogens with two attached hydrogens (primary N) is 1. The largest absolute Gasteiger partial charge is 0.398 e. The van der Waals surface area contributed by atoms with Crippen LogP contribution in [0.3, 0.4) is 0 Å². The van der Waals surface area contributed by atoms with Gasteiger partial charge in [0.25, 0.3) is 0 Å². The van der Waals surface area contributed by atoms with Gasteiger partial charge in [0.1, 0.15) is 0 Å². The van der Waals surface area contributed by atoms with Gasteiger partial charge >= 0.3 is 0 Å². The average Bonchev–Trinajstić information content (AvgIpc) is 2.90. The van der Waals surface area contributed by atoms with Gasteiger partial charge in [-0.2, -0.15) is 0 Å². The van der Waals surface area contributed by atoms with E-state index in [0.29, 0.717) is 23.7 Å². The van der Waals surface area contributed by atoms with Crippen LogP contribution in [0.1, 0.15) is 31.2 Å². The summed E-state index contributed by atoms with van der Waals surface area (Å²) in [5, 5.41) is 0. The molecule has 0 spiro atoms. The van der Waals surface area contributed by atoms with Gasteiger partial charge in [0.15, 0.2) is 0 Å². The molecule has 1 aromatic rings. The highest BCUT2D eigenvalue weighted by molar-refractivity contribution is 5.99. The average molecular weight is 256 g/mol. The quantitative estimate of drug-likeness (QED) is 0.785. The Labute approximate surface area is 113 Å². The summed E-state index contributed by atoms with van der Waals surface area (Å²) < 4.78 is 0. The molecule has 0 saturated heterocycles. The molecule has 2 aliphatic carbocycles. The van der Waals surface area contributed by atoms with Crippen molar-refractivity contribution >= 4 is 17.3 Å². The Bertz CT molecular complexity index is 530. The summed E-state index contributed by atoms with van der Waals surface area (Å²) in [4.78, 5) is 14.7. The number of fused-ring (bicyclic) bond motifs is 2. The third-order valence-electron chi connectivity index (χ3n) is 5.24. The number of nitrogen functional groups attached to an aromatic ring is 1. The molecule has 0 bridgehead atoms. The second kappa shape index (κ2) is 3.99. The lowest BCUT2D eigenvalue weighted by molar-refractivity contribution is -0.120. The van der Waals surface area contributed by atoms with Crippen LogP contribution in [0.15, 0.2) is 18.2 Å². The third-order valence-corrected chi connectivity index (χ3v) is 5.24. The van der Waals surface area contributed by atoms with E-state index in [2.05, 4.69) is 6.07 Å². The van der Waals surface area contributed by atoms with E-state index >= 15 is 0 Å². The lowest BCUT2D eigenvalue weighted by Crippen LogP contribution is -2.37. The predicted octanol–water partition coefficient (Wildman–Crippen LogP) is 2.59. The Morgan fingerprint density at radius 3 is 2.79 bits per heavy atom. The van der Waals surface area contributed by atoms with Gasteiger partial charge in [-0.05, 0) is 55.2 Å². The third kappa shape index (κ3) is 1.60. The summed E-state index contributed by atoms with van der Waals surface area (Å²) in [7, 11) is 0. The Morgan fingerprint density at radius 2 is 2.00 bits per heavy atom. The van der Waals surface area contributed by atoms with Gasteiger partial charge in [0.2, 0.25) is 5.91 Å². The molecule has 2 atom stereocenters. The normalized spacial score (nSPS) is 31.8. The van der Waals surface area contributed by atoms with E-state index in [-0.39, 0.29) is 0 Å². The van der Waals surface area contributed by atoms with Gasteiger partial charge in [-0.15, -0.1) is 0 Å². The van der Waals surface area contributed by atoms with Crippen LogP contribution in [0.4, 0.5) is 11.4 Å². The zero-order chi connectivity index (χ0) is 13.0. The van der Waals surface area contributed by atoms with E-state index in [1.807, 2.05) is 17.0 Å². The molecule has 0 aromatic heterocycles. The first-order valence-electron chi connectivity index (χ1n) is 7.46. The highest BCUT2D eigenvalue weighted by atomic mass is 16.2. The molecule has 19 heavy (non-hydrogen) atoms. The fraction of sp³-hybridized carbons (Fsp3) is 0.562. The van der Waals surface area contributed by atoms with Crippen molar-refractivity contribution in [3.8, 4) is 0 Å². The van der Waals surface area contributed by atoms with Crippen LogP contribution in [0.5, 0.6) is 0 Å². The van der Waals surface area contributed by atoms with Gasteiger partial charge < -0.3 is 10.6 Å². The monoisotopic (exact) mass is 256 g/mol. The van der Waals surface area contributed by atoms with Crippen molar-refractivity contribution in [3.63, 3.8) is 0 Å². The summed E-state index contributed by atoms with van der Waals surface area (Å²) >= 11 is 0. The van der Waals surface area contributed by atoms with Crippen LogP contribution in [0, 0.1) is 17.8 Å². The number of anilines is 2.